The summed E-state index contributed by atoms with van der Waals surface area (Å²) in [7, 11) is 1.50. The fraction of sp³-hybridized carbons (Fsp3) is 0.250. The van der Waals surface area contributed by atoms with Gasteiger partial charge in [0.05, 0.1) is 23.9 Å². The number of methoxy groups -OCH3 is 1. The summed E-state index contributed by atoms with van der Waals surface area (Å²) in [5, 5.41) is 4.34. The smallest absolute Gasteiger partial charge is 0.132 e. The highest BCUT2D eigenvalue weighted by Gasteiger charge is 2.14. The van der Waals surface area contributed by atoms with E-state index < -0.39 is 0 Å². The summed E-state index contributed by atoms with van der Waals surface area (Å²) >= 11 is 12.3. The zero-order valence-electron chi connectivity index (χ0n) is 12.0. The molecule has 0 aliphatic heterocycles. The zero-order valence-corrected chi connectivity index (χ0v) is 13.5. The molecule has 0 bridgehead atoms. The molecule has 0 saturated carbocycles. The third-order valence-corrected chi connectivity index (χ3v) is 4.01. The van der Waals surface area contributed by atoms with Crippen molar-refractivity contribution in [2.75, 3.05) is 12.4 Å². The van der Waals surface area contributed by atoms with Crippen LogP contribution >= 0.6 is 23.2 Å². The number of anilines is 1. The third kappa shape index (κ3) is 3.60. The van der Waals surface area contributed by atoms with Crippen molar-refractivity contribution in [3.63, 3.8) is 0 Å². The van der Waals surface area contributed by atoms with E-state index in [-0.39, 0.29) is 11.9 Å². The summed E-state index contributed by atoms with van der Waals surface area (Å²) < 4.78 is 19.1. The standard InChI is InChI=1S/C16H16Cl2FNO/c1-9-6-14(18)16(8-13(9)17)20-10(2)12-5-4-11(21-3)7-15(12)19/h4-8,10,20H,1-3H3. The molecule has 2 aromatic rings. The van der Waals surface area contributed by atoms with E-state index in [1.165, 1.54) is 13.2 Å². The Morgan fingerprint density at radius 1 is 1.14 bits per heavy atom. The molecule has 1 atom stereocenters. The highest BCUT2D eigenvalue weighted by atomic mass is 35.5. The number of aryl methyl sites for hydroxylation is 1. The molecule has 2 rings (SSSR count). The largest absolute Gasteiger partial charge is 0.497 e. The van der Waals surface area contributed by atoms with Crippen LogP contribution in [0.25, 0.3) is 0 Å². The van der Waals surface area contributed by atoms with E-state index >= 15 is 0 Å². The van der Waals surface area contributed by atoms with Crippen molar-refractivity contribution in [2.24, 2.45) is 0 Å². The first-order valence-electron chi connectivity index (χ1n) is 6.48. The van der Waals surface area contributed by atoms with Gasteiger partial charge in [0.1, 0.15) is 11.6 Å². The lowest BCUT2D eigenvalue weighted by Crippen LogP contribution is -2.09. The van der Waals surface area contributed by atoms with Gasteiger partial charge in [-0.3, -0.25) is 0 Å². The third-order valence-electron chi connectivity index (χ3n) is 3.29. The highest BCUT2D eigenvalue weighted by Crippen LogP contribution is 2.32. The second-order valence-electron chi connectivity index (χ2n) is 4.83. The minimum atomic E-state index is -0.330. The molecule has 0 saturated heterocycles. The van der Waals surface area contributed by atoms with Gasteiger partial charge < -0.3 is 10.1 Å². The van der Waals surface area contributed by atoms with Gasteiger partial charge in [-0.25, -0.2) is 4.39 Å². The molecule has 2 nitrogen and oxygen atoms in total. The molecule has 2 aromatic carbocycles. The first kappa shape index (κ1) is 15.9. The van der Waals surface area contributed by atoms with E-state index in [1.54, 1.807) is 24.3 Å². The topological polar surface area (TPSA) is 21.3 Å². The van der Waals surface area contributed by atoms with E-state index in [2.05, 4.69) is 5.32 Å². The van der Waals surface area contributed by atoms with Crippen molar-refractivity contribution in [3.05, 3.63) is 57.3 Å². The number of hydrogen-bond acceptors (Lipinski definition) is 2. The van der Waals surface area contributed by atoms with Crippen molar-refractivity contribution in [1.82, 2.24) is 0 Å². The van der Waals surface area contributed by atoms with Gasteiger partial charge in [-0.05, 0) is 37.6 Å². The zero-order chi connectivity index (χ0) is 15.6. The minimum absolute atomic E-state index is 0.257. The maximum Gasteiger partial charge on any atom is 0.132 e. The number of rotatable bonds is 4. The Balaban J connectivity index is 2.26. The first-order valence-corrected chi connectivity index (χ1v) is 7.23. The Hall–Kier alpha value is -1.45. The van der Waals surface area contributed by atoms with Gasteiger partial charge in [0.25, 0.3) is 0 Å². The van der Waals surface area contributed by atoms with Crippen LogP contribution in [-0.4, -0.2) is 7.11 Å². The van der Waals surface area contributed by atoms with E-state index in [4.69, 9.17) is 27.9 Å². The number of halogens is 3. The molecule has 0 heterocycles. The summed E-state index contributed by atoms with van der Waals surface area (Å²) in [5.41, 5.74) is 2.11. The fourth-order valence-corrected chi connectivity index (χ4v) is 2.49. The van der Waals surface area contributed by atoms with Crippen LogP contribution < -0.4 is 10.1 Å². The fourth-order valence-electron chi connectivity index (χ4n) is 2.05. The summed E-state index contributed by atoms with van der Waals surface area (Å²) in [4.78, 5) is 0. The van der Waals surface area contributed by atoms with E-state index in [1.807, 2.05) is 13.8 Å². The van der Waals surface area contributed by atoms with Gasteiger partial charge in [0.15, 0.2) is 0 Å². The maximum absolute atomic E-state index is 14.1. The number of ether oxygens (including phenoxy) is 1. The number of hydrogen-bond donors (Lipinski definition) is 1. The van der Waals surface area contributed by atoms with Gasteiger partial charge in [-0.1, -0.05) is 29.3 Å². The molecule has 0 fully saturated rings. The van der Waals surface area contributed by atoms with Gasteiger partial charge >= 0.3 is 0 Å². The molecule has 5 heteroatoms. The van der Waals surface area contributed by atoms with Gasteiger partial charge in [0.2, 0.25) is 0 Å². The molecule has 1 N–H and O–H groups in total. The molecule has 0 aromatic heterocycles. The Morgan fingerprint density at radius 3 is 2.48 bits per heavy atom. The number of benzene rings is 2. The molecule has 0 spiro atoms. The second-order valence-corrected chi connectivity index (χ2v) is 5.65. The Morgan fingerprint density at radius 2 is 1.86 bits per heavy atom. The second kappa shape index (κ2) is 6.54. The van der Waals surface area contributed by atoms with Crippen LogP contribution in [0.2, 0.25) is 10.0 Å². The molecular formula is C16H16Cl2FNO. The van der Waals surface area contributed by atoms with Crippen LogP contribution in [0.5, 0.6) is 5.75 Å². The van der Waals surface area contributed by atoms with Gasteiger partial charge in [0, 0.05) is 16.7 Å². The van der Waals surface area contributed by atoms with Crippen LogP contribution in [-0.2, 0) is 0 Å². The predicted molar refractivity (Wildman–Crippen MR) is 86.2 cm³/mol. The molecule has 0 amide bonds. The first-order chi connectivity index (χ1) is 9.92. The Kier molecular flexibility index (Phi) is 4.96. The molecule has 21 heavy (non-hydrogen) atoms. The van der Waals surface area contributed by atoms with Crippen molar-refractivity contribution in [2.45, 2.75) is 19.9 Å². The van der Waals surface area contributed by atoms with Crippen molar-refractivity contribution >= 4 is 28.9 Å². The average Bonchev–Trinajstić information content (AvgIpc) is 2.44. The molecule has 0 aliphatic rings. The summed E-state index contributed by atoms with van der Waals surface area (Å²) in [6.45, 7) is 3.74. The van der Waals surface area contributed by atoms with E-state index in [0.717, 1.165) is 5.56 Å². The molecule has 0 aliphatic carbocycles. The summed E-state index contributed by atoms with van der Waals surface area (Å²) in [6, 6.07) is 8.04. The monoisotopic (exact) mass is 327 g/mol. The molecule has 0 radical (unpaired) electrons. The summed E-state index contributed by atoms with van der Waals surface area (Å²) in [6.07, 6.45) is 0. The van der Waals surface area contributed by atoms with Crippen molar-refractivity contribution in [3.8, 4) is 5.75 Å². The quantitative estimate of drug-likeness (QED) is 0.786. The lowest BCUT2D eigenvalue weighted by molar-refractivity contribution is 0.410. The van der Waals surface area contributed by atoms with Crippen LogP contribution in [0.15, 0.2) is 30.3 Å². The molecule has 112 valence electrons. The maximum atomic E-state index is 14.1. The number of nitrogens with one attached hydrogen (secondary N) is 1. The van der Waals surface area contributed by atoms with Crippen LogP contribution in [0.3, 0.4) is 0 Å². The molecule has 1 unspecified atom stereocenters. The lowest BCUT2D eigenvalue weighted by atomic mass is 10.1. The highest BCUT2D eigenvalue weighted by molar-refractivity contribution is 6.35. The van der Waals surface area contributed by atoms with Crippen LogP contribution in [0.1, 0.15) is 24.1 Å². The average molecular weight is 328 g/mol. The van der Waals surface area contributed by atoms with Gasteiger partial charge in [-0.2, -0.15) is 0 Å². The Bertz CT molecular complexity index is 661. The minimum Gasteiger partial charge on any atom is -0.497 e. The van der Waals surface area contributed by atoms with E-state index in [0.29, 0.717) is 27.0 Å². The predicted octanol–water partition coefficient (Wildman–Crippen LogP) is 5.62. The van der Waals surface area contributed by atoms with Gasteiger partial charge in [-0.15, -0.1) is 0 Å². The van der Waals surface area contributed by atoms with Crippen molar-refractivity contribution < 1.29 is 9.13 Å². The Labute approximate surface area is 133 Å². The SMILES string of the molecule is COc1ccc(C(C)Nc2cc(Cl)c(C)cc2Cl)c(F)c1. The summed E-state index contributed by atoms with van der Waals surface area (Å²) in [5.74, 6) is 0.156. The lowest BCUT2D eigenvalue weighted by Gasteiger charge is -2.18. The van der Waals surface area contributed by atoms with Crippen LogP contribution in [0, 0.1) is 12.7 Å². The van der Waals surface area contributed by atoms with Crippen LogP contribution in [0.4, 0.5) is 10.1 Å². The molecular weight excluding hydrogens is 312 g/mol. The van der Waals surface area contributed by atoms with E-state index in [9.17, 15) is 4.39 Å². The van der Waals surface area contributed by atoms with Crippen molar-refractivity contribution in [1.29, 1.82) is 0 Å². The normalized spacial score (nSPS) is 12.1.